The molecule has 1 unspecified atom stereocenters. The lowest BCUT2D eigenvalue weighted by molar-refractivity contribution is -0.122. The molecule has 1 aliphatic rings. The molecule has 114 valence electrons. The van der Waals surface area contributed by atoms with Crippen LogP contribution < -0.4 is 10.6 Å². The van der Waals surface area contributed by atoms with Crippen molar-refractivity contribution in [2.24, 2.45) is 0 Å². The van der Waals surface area contributed by atoms with E-state index in [0.29, 0.717) is 31.5 Å². The fraction of sp³-hybridized carbons (Fsp3) is 0.429. The number of carboxylic acids is 1. The standard InChI is InChI=1S/C14H16F2N2O3/c1-2-14(4-3-5-17-14)13(21)18-11-7-10(16)9(15)6-8(11)12(19)20/h6-7,17H,2-5H2,1H3,(H,18,21)(H,19,20). The Morgan fingerprint density at radius 1 is 1.38 bits per heavy atom. The van der Waals surface area contributed by atoms with Crippen molar-refractivity contribution in [3.8, 4) is 0 Å². The third-order valence-corrected chi connectivity index (χ3v) is 3.82. The summed E-state index contributed by atoms with van der Waals surface area (Å²) >= 11 is 0. The molecule has 5 nitrogen and oxygen atoms in total. The summed E-state index contributed by atoms with van der Waals surface area (Å²) in [4.78, 5) is 23.4. The van der Waals surface area contributed by atoms with Crippen molar-refractivity contribution in [1.29, 1.82) is 0 Å². The van der Waals surface area contributed by atoms with Crippen LogP contribution in [0.1, 0.15) is 36.5 Å². The minimum Gasteiger partial charge on any atom is -0.478 e. The number of benzene rings is 1. The summed E-state index contributed by atoms with van der Waals surface area (Å²) in [7, 11) is 0. The molecule has 1 aliphatic heterocycles. The van der Waals surface area contributed by atoms with E-state index in [1.165, 1.54) is 0 Å². The Labute approximate surface area is 120 Å². The first kappa shape index (κ1) is 15.4. The van der Waals surface area contributed by atoms with Gasteiger partial charge in [-0.15, -0.1) is 0 Å². The Kier molecular flexibility index (Phi) is 4.22. The molecule has 0 bridgehead atoms. The second kappa shape index (κ2) is 5.77. The van der Waals surface area contributed by atoms with Crippen molar-refractivity contribution in [1.82, 2.24) is 5.32 Å². The number of hydrogen-bond acceptors (Lipinski definition) is 3. The summed E-state index contributed by atoms with van der Waals surface area (Å²) in [6.45, 7) is 2.52. The van der Waals surface area contributed by atoms with Crippen LogP contribution >= 0.6 is 0 Å². The number of halogens is 2. The van der Waals surface area contributed by atoms with Crippen LogP contribution in [-0.4, -0.2) is 29.1 Å². The van der Waals surface area contributed by atoms with Gasteiger partial charge in [0.15, 0.2) is 11.6 Å². The first-order chi connectivity index (χ1) is 9.89. The minimum atomic E-state index is -1.44. The molecule has 2 rings (SSSR count). The largest absolute Gasteiger partial charge is 0.478 e. The molecule has 1 aromatic rings. The quantitative estimate of drug-likeness (QED) is 0.795. The first-order valence-electron chi connectivity index (χ1n) is 6.68. The molecule has 0 saturated carbocycles. The van der Waals surface area contributed by atoms with Crippen LogP contribution in [-0.2, 0) is 4.79 Å². The summed E-state index contributed by atoms with van der Waals surface area (Å²) in [5, 5.41) is 14.5. The van der Waals surface area contributed by atoms with E-state index in [4.69, 9.17) is 5.11 Å². The summed E-state index contributed by atoms with van der Waals surface area (Å²) < 4.78 is 26.4. The molecule has 1 saturated heterocycles. The number of nitrogens with one attached hydrogen (secondary N) is 2. The van der Waals surface area contributed by atoms with Gasteiger partial charge in [0.05, 0.1) is 16.8 Å². The molecule has 7 heteroatoms. The maximum atomic E-state index is 13.3. The van der Waals surface area contributed by atoms with Crippen molar-refractivity contribution in [2.45, 2.75) is 31.7 Å². The molecule has 1 amide bonds. The highest BCUT2D eigenvalue weighted by Crippen LogP contribution is 2.27. The van der Waals surface area contributed by atoms with Crippen molar-refractivity contribution in [3.05, 3.63) is 29.3 Å². The van der Waals surface area contributed by atoms with E-state index < -0.39 is 34.6 Å². The number of carbonyl (C=O) groups excluding carboxylic acids is 1. The van der Waals surface area contributed by atoms with Gasteiger partial charge in [-0.2, -0.15) is 0 Å². The molecule has 21 heavy (non-hydrogen) atoms. The fourth-order valence-corrected chi connectivity index (χ4v) is 2.53. The van der Waals surface area contributed by atoms with Gasteiger partial charge in [0.25, 0.3) is 0 Å². The van der Waals surface area contributed by atoms with Crippen LogP contribution in [0.2, 0.25) is 0 Å². The number of rotatable bonds is 4. The van der Waals surface area contributed by atoms with E-state index in [9.17, 15) is 18.4 Å². The Morgan fingerprint density at radius 2 is 2.05 bits per heavy atom. The predicted octanol–water partition coefficient (Wildman–Crippen LogP) is 2.13. The van der Waals surface area contributed by atoms with Crippen LogP contribution in [0, 0.1) is 11.6 Å². The van der Waals surface area contributed by atoms with Crippen LogP contribution in [0.3, 0.4) is 0 Å². The SMILES string of the molecule is CCC1(C(=O)Nc2cc(F)c(F)cc2C(=O)O)CCCN1. The summed E-state index contributed by atoms with van der Waals surface area (Å²) in [5.74, 6) is -4.35. The molecule has 0 aromatic heterocycles. The highest BCUT2D eigenvalue weighted by atomic mass is 19.2. The number of anilines is 1. The third-order valence-electron chi connectivity index (χ3n) is 3.82. The molecular formula is C14H16F2N2O3. The molecular weight excluding hydrogens is 282 g/mol. The third kappa shape index (κ3) is 2.87. The molecule has 0 aliphatic carbocycles. The van der Waals surface area contributed by atoms with Gasteiger partial charge in [0, 0.05) is 6.07 Å². The Hall–Kier alpha value is -2.02. The molecule has 1 aromatic carbocycles. The molecule has 1 fully saturated rings. The second-order valence-corrected chi connectivity index (χ2v) is 5.04. The normalized spacial score (nSPS) is 21.3. The van der Waals surface area contributed by atoms with Gasteiger partial charge in [-0.25, -0.2) is 13.6 Å². The van der Waals surface area contributed by atoms with Crippen molar-refractivity contribution in [3.63, 3.8) is 0 Å². The Balaban J connectivity index is 2.32. The zero-order valence-corrected chi connectivity index (χ0v) is 11.5. The Morgan fingerprint density at radius 3 is 2.57 bits per heavy atom. The number of carbonyl (C=O) groups is 2. The van der Waals surface area contributed by atoms with Crippen LogP contribution in [0.25, 0.3) is 0 Å². The van der Waals surface area contributed by atoms with Gasteiger partial charge in [-0.05, 0) is 31.9 Å². The first-order valence-corrected chi connectivity index (χ1v) is 6.68. The van der Waals surface area contributed by atoms with E-state index in [2.05, 4.69) is 10.6 Å². The monoisotopic (exact) mass is 298 g/mol. The van der Waals surface area contributed by atoms with Gasteiger partial charge in [-0.3, -0.25) is 4.79 Å². The highest BCUT2D eigenvalue weighted by molar-refractivity contribution is 6.03. The van der Waals surface area contributed by atoms with Gasteiger partial charge in [0.1, 0.15) is 0 Å². The zero-order chi connectivity index (χ0) is 15.6. The molecule has 0 radical (unpaired) electrons. The van der Waals surface area contributed by atoms with Crippen molar-refractivity contribution in [2.75, 3.05) is 11.9 Å². The molecule has 1 heterocycles. The smallest absolute Gasteiger partial charge is 0.337 e. The lowest BCUT2D eigenvalue weighted by Gasteiger charge is -2.27. The average molecular weight is 298 g/mol. The van der Waals surface area contributed by atoms with Gasteiger partial charge in [-0.1, -0.05) is 6.92 Å². The molecule has 1 atom stereocenters. The predicted molar refractivity (Wildman–Crippen MR) is 72.2 cm³/mol. The summed E-state index contributed by atoms with van der Waals surface area (Å²) in [5.41, 5.74) is -1.51. The minimum absolute atomic E-state index is 0.243. The number of carboxylic acid groups (broad SMARTS) is 1. The van der Waals surface area contributed by atoms with Crippen LogP contribution in [0.4, 0.5) is 14.5 Å². The summed E-state index contributed by atoms with van der Waals surface area (Å²) in [6, 6.07) is 1.25. The van der Waals surface area contributed by atoms with Gasteiger partial charge in [0.2, 0.25) is 5.91 Å². The van der Waals surface area contributed by atoms with E-state index in [-0.39, 0.29) is 5.69 Å². The van der Waals surface area contributed by atoms with E-state index in [1.807, 2.05) is 6.92 Å². The zero-order valence-electron chi connectivity index (χ0n) is 11.5. The van der Waals surface area contributed by atoms with Crippen molar-refractivity contribution < 1.29 is 23.5 Å². The van der Waals surface area contributed by atoms with E-state index in [0.717, 1.165) is 6.42 Å². The highest BCUT2D eigenvalue weighted by Gasteiger charge is 2.39. The number of aromatic carboxylic acids is 1. The van der Waals surface area contributed by atoms with E-state index >= 15 is 0 Å². The topological polar surface area (TPSA) is 78.4 Å². The molecule has 0 spiro atoms. The fourth-order valence-electron chi connectivity index (χ4n) is 2.53. The summed E-state index contributed by atoms with van der Waals surface area (Å²) in [6.07, 6.45) is 1.96. The molecule has 3 N–H and O–H groups in total. The van der Waals surface area contributed by atoms with Crippen LogP contribution in [0.5, 0.6) is 0 Å². The van der Waals surface area contributed by atoms with Crippen LogP contribution in [0.15, 0.2) is 12.1 Å². The maximum Gasteiger partial charge on any atom is 0.337 e. The average Bonchev–Trinajstić information content (AvgIpc) is 2.92. The van der Waals surface area contributed by atoms with Gasteiger partial charge < -0.3 is 15.7 Å². The van der Waals surface area contributed by atoms with Gasteiger partial charge >= 0.3 is 5.97 Å². The van der Waals surface area contributed by atoms with E-state index in [1.54, 1.807) is 0 Å². The second-order valence-electron chi connectivity index (χ2n) is 5.04. The van der Waals surface area contributed by atoms with Crippen molar-refractivity contribution >= 4 is 17.6 Å². The maximum absolute atomic E-state index is 13.3. The number of hydrogen-bond donors (Lipinski definition) is 3. The Bertz CT molecular complexity index is 584. The lowest BCUT2D eigenvalue weighted by atomic mass is 9.93. The number of amides is 1. The lowest BCUT2D eigenvalue weighted by Crippen LogP contribution is -2.50.